The summed E-state index contributed by atoms with van der Waals surface area (Å²) in [4.78, 5) is 19.9. The lowest BCUT2D eigenvalue weighted by molar-refractivity contribution is 0.102. The molecule has 0 fully saturated rings. The smallest absolute Gasteiger partial charge is 0.257 e. The van der Waals surface area contributed by atoms with Gasteiger partial charge < -0.3 is 11.1 Å². The van der Waals surface area contributed by atoms with Gasteiger partial charge in [-0.1, -0.05) is 0 Å². The number of hydrogen-bond donors (Lipinski definition) is 2. The molecule has 0 aliphatic heterocycles. The van der Waals surface area contributed by atoms with E-state index in [9.17, 15) is 4.79 Å². The Kier molecular flexibility index (Phi) is 3.57. The monoisotopic (exact) mass is 306 g/mol. The van der Waals surface area contributed by atoms with E-state index in [1.165, 1.54) is 12.3 Å². The maximum Gasteiger partial charge on any atom is 0.257 e. The van der Waals surface area contributed by atoms with Crippen LogP contribution in [-0.2, 0) is 0 Å². The predicted molar refractivity (Wildman–Crippen MR) is 73.3 cm³/mol. The van der Waals surface area contributed by atoms with E-state index in [-0.39, 0.29) is 5.91 Å². The molecule has 0 radical (unpaired) electrons. The maximum atomic E-state index is 12.1. The highest BCUT2D eigenvalue weighted by molar-refractivity contribution is 9.10. The molecule has 0 aliphatic rings. The summed E-state index contributed by atoms with van der Waals surface area (Å²) in [6, 6.07) is 3.34. The highest BCUT2D eigenvalue weighted by atomic mass is 79.9. The number of aromatic nitrogens is 2. The summed E-state index contributed by atoms with van der Waals surface area (Å²) in [5.41, 5.74) is 7.61. The summed E-state index contributed by atoms with van der Waals surface area (Å²) in [5, 5.41) is 2.78. The quantitative estimate of drug-likeness (QED) is 0.892. The molecule has 1 amide bonds. The molecule has 2 aromatic heterocycles. The number of nitrogens with zero attached hydrogens (tertiary/aromatic N) is 2. The Bertz CT molecular complexity index is 600. The van der Waals surface area contributed by atoms with Gasteiger partial charge >= 0.3 is 0 Å². The number of anilines is 2. The van der Waals surface area contributed by atoms with Crippen molar-refractivity contribution in [2.24, 2.45) is 0 Å². The first-order chi connectivity index (χ1) is 8.58. The fraction of sp³-hybridized carbons (Fsp3) is 0.0833. The van der Waals surface area contributed by atoms with Gasteiger partial charge in [-0.25, -0.2) is 4.98 Å². The van der Waals surface area contributed by atoms with Crippen molar-refractivity contribution >= 4 is 33.3 Å². The molecular weight excluding hydrogens is 296 g/mol. The molecule has 2 aromatic rings. The molecule has 3 N–H and O–H groups in total. The van der Waals surface area contributed by atoms with E-state index in [1.54, 1.807) is 12.4 Å². The van der Waals surface area contributed by atoms with Crippen LogP contribution >= 0.6 is 15.9 Å². The topological polar surface area (TPSA) is 80.9 Å². The average Bonchev–Trinajstić information content (AvgIpc) is 2.35. The zero-order valence-corrected chi connectivity index (χ0v) is 11.2. The van der Waals surface area contributed by atoms with Crippen LogP contribution in [0.5, 0.6) is 0 Å². The van der Waals surface area contributed by atoms with Crippen molar-refractivity contribution in [2.45, 2.75) is 6.92 Å². The molecule has 5 nitrogen and oxygen atoms in total. The fourth-order valence-corrected chi connectivity index (χ4v) is 1.81. The lowest BCUT2D eigenvalue weighted by Crippen LogP contribution is -2.14. The second-order valence-electron chi connectivity index (χ2n) is 3.73. The number of nitrogens with one attached hydrogen (secondary N) is 1. The van der Waals surface area contributed by atoms with Gasteiger partial charge in [0.2, 0.25) is 0 Å². The van der Waals surface area contributed by atoms with Crippen molar-refractivity contribution in [3.05, 3.63) is 46.3 Å². The highest BCUT2D eigenvalue weighted by Gasteiger charge is 2.12. The van der Waals surface area contributed by atoms with Crippen LogP contribution in [0.4, 0.5) is 11.5 Å². The van der Waals surface area contributed by atoms with Gasteiger partial charge in [-0.15, -0.1) is 0 Å². The predicted octanol–water partition coefficient (Wildman–Crippen LogP) is 2.38. The third-order valence-electron chi connectivity index (χ3n) is 2.41. The molecule has 2 rings (SSSR count). The summed E-state index contributed by atoms with van der Waals surface area (Å²) in [6.07, 6.45) is 4.78. The third-order valence-corrected chi connectivity index (χ3v) is 3.04. The molecule has 2 heterocycles. The van der Waals surface area contributed by atoms with Gasteiger partial charge in [-0.2, -0.15) is 0 Å². The Morgan fingerprint density at radius 3 is 2.94 bits per heavy atom. The Hall–Kier alpha value is -1.95. The Labute approximate surface area is 113 Å². The van der Waals surface area contributed by atoms with E-state index in [4.69, 9.17) is 5.73 Å². The molecule has 0 unspecified atom stereocenters. The van der Waals surface area contributed by atoms with Crippen LogP contribution in [0.1, 0.15) is 15.9 Å². The van der Waals surface area contributed by atoms with Gasteiger partial charge in [-0.05, 0) is 40.5 Å². The number of amides is 1. The van der Waals surface area contributed by atoms with Crippen molar-refractivity contribution in [2.75, 3.05) is 11.1 Å². The van der Waals surface area contributed by atoms with Gasteiger partial charge in [-0.3, -0.25) is 9.78 Å². The van der Waals surface area contributed by atoms with Crippen molar-refractivity contribution in [3.63, 3.8) is 0 Å². The van der Waals surface area contributed by atoms with E-state index in [2.05, 4.69) is 31.2 Å². The van der Waals surface area contributed by atoms with Gasteiger partial charge in [0, 0.05) is 16.9 Å². The van der Waals surface area contributed by atoms with Crippen LogP contribution in [0.3, 0.4) is 0 Å². The first-order valence-electron chi connectivity index (χ1n) is 5.21. The molecule has 6 heteroatoms. The molecule has 92 valence electrons. The first-order valence-corrected chi connectivity index (χ1v) is 6.00. The number of carbonyl (C=O) groups excluding carboxylic acids is 1. The molecular formula is C12H11BrN4O. The number of halogens is 1. The normalized spacial score (nSPS) is 10.1. The van der Waals surface area contributed by atoms with Crippen LogP contribution in [0, 0.1) is 6.92 Å². The van der Waals surface area contributed by atoms with Crippen molar-refractivity contribution in [3.8, 4) is 0 Å². The van der Waals surface area contributed by atoms with Crippen LogP contribution in [-0.4, -0.2) is 15.9 Å². The van der Waals surface area contributed by atoms with Gasteiger partial charge in [0.15, 0.2) is 0 Å². The summed E-state index contributed by atoms with van der Waals surface area (Å²) in [6.45, 7) is 1.90. The number of nitrogens with two attached hydrogens (primary N) is 1. The number of aryl methyl sites for hydroxylation is 1. The van der Waals surface area contributed by atoms with E-state index in [0.717, 1.165) is 5.56 Å². The minimum atomic E-state index is -0.257. The minimum absolute atomic E-state index is 0.257. The van der Waals surface area contributed by atoms with Gasteiger partial charge in [0.25, 0.3) is 5.91 Å². The van der Waals surface area contributed by atoms with E-state index in [0.29, 0.717) is 21.5 Å². The van der Waals surface area contributed by atoms with E-state index >= 15 is 0 Å². The number of nitrogen functional groups attached to an aromatic ring is 1. The third kappa shape index (κ3) is 2.65. The second-order valence-corrected chi connectivity index (χ2v) is 4.59. The molecule has 0 saturated carbocycles. The fourth-order valence-electron chi connectivity index (χ4n) is 1.41. The van der Waals surface area contributed by atoms with E-state index < -0.39 is 0 Å². The zero-order chi connectivity index (χ0) is 13.1. The minimum Gasteiger partial charge on any atom is -0.384 e. The molecule has 0 bridgehead atoms. The Morgan fingerprint density at radius 1 is 1.44 bits per heavy atom. The second kappa shape index (κ2) is 5.14. The van der Waals surface area contributed by atoms with E-state index in [1.807, 2.05) is 13.0 Å². The van der Waals surface area contributed by atoms with Crippen molar-refractivity contribution in [1.29, 1.82) is 0 Å². The van der Waals surface area contributed by atoms with Crippen molar-refractivity contribution in [1.82, 2.24) is 9.97 Å². The largest absolute Gasteiger partial charge is 0.384 e. The summed E-state index contributed by atoms with van der Waals surface area (Å²) >= 11 is 3.27. The zero-order valence-electron chi connectivity index (χ0n) is 9.64. The van der Waals surface area contributed by atoms with Crippen LogP contribution in [0.15, 0.2) is 35.2 Å². The number of carbonyl (C=O) groups is 1. The molecule has 0 aromatic carbocycles. The first kappa shape index (κ1) is 12.5. The summed E-state index contributed by atoms with van der Waals surface area (Å²) in [5.74, 6) is 0.0401. The average molecular weight is 307 g/mol. The molecule has 0 spiro atoms. The van der Waals surface area contributed by atoms with Crippen molar-refractivity contribution < 1.29 is 4.79 Å². The summed E-state index contributed by atoms with van der Waals surface area (Å²) in [7, 11) is 0. The number of pyridine rings is 2. The van der Waals surface area contributed by atoms with Crippen LogP contribution in [0.25, 0.3) is 0 Å². The maximum absolute atomic E-state index is 12.1. The summed E-state index contributed by atoms with van der Waals surface area (Å²) < 4.78 is 0.593. The molecule has 18 heavy (non-hydrogen) atoms. The van der Waals surface area contributed by atoms with Gasteiger partial charge in [0.05, 0.1) is 17.4 Å². The SMILES string of the molecule is Cc1ccncc1NC(=O)c1cc(N)ncc1Br. The molecule has 0 saturated heterocycles. The lowest BCUT2D eigenvalue weighted by Gasteiger charge is -2.08. The number of rotatable bonds is 2. The van der Waals surface area contributed by atoms with Crippen LogP contribution < -0.4 is 11.1 Å². The molecule has 0 aliphatic carbocycles. The highest BCUT2D eigenvalue weighted by Crippen LogP contribution is 2.20. The number of hydrogen-bond acceptors (Lipinski definition) is 4. The van der Waals surface area contributed by atoms with Crippen LogP contribution in [0.2, 0.25) is 0 Å². The lowest BCUT2D eigenvalue weighted by atomic mass is 10.2. The Morgan fingerprint density at radius 2 is 2.22 bits per heavy atom. The Balaban J connectivity index is 2.28. The molecule has 0 atom stereocenters. The standard InChI is InChI=1S/C12H11BrN4O/c1-7-2-3-15-6-10(7)17-12(18)8-4-11(14)16-5-9(8)13/h2-6H,1H3,(H2,14,16)(H,17,18). The van der Waals surface area contributed by atoms with Gasteiger partial charge in [0.1, 0.15) is 5.82 Å².